The predicted molar refractivity (Wildman–Crippen MR) is 112 cm³/mol. The number of morpholine rings is 1. The van der Waals surface area contributed by atoms with Gasteiger partial charge in [-0.25, -0.2) is 8.42 Å². The van der Waals surface area contributed by atoms with Crippen molar-refractivity contribution < 1.29 is 17.9 Å². The number of likely N-dealkylation sites (tertiary alicyclic amines) is 1. The highest BCUT2D eigenvalue weighted by molar-refractivity contribution is 7.89. The number of sulfonamides is 1. The Bertz CT molecular complexity index is 796. The van der Waals surface area contributed by atoms with Gasteiger partial charge in [0.05, 0.1) is 17.1 Å². The molecule has 3 rings (SSSR count). The van der Waals surface area contributed by atoms with Crippen molar-refractivity contribution >= 4 is 15.9 Å². The number of hydrogen-bond acceptors (Lipinski definition) is 5. The fourth-order valence-electron chi connectivity index (χ4n) is 4.16. The molecule has 2 aliphatic rings. The fourth-order valence-corrected chi connectivity index (χ4v) is 5.80. The van der Waals surface area contributed by atoms with E-state index in [2.05, 4.69) is 17.1 Å². The summed E-state index contributed by atoms with van der Waals surface area (Å²) in [7, 11) is -3.66. The van der Waals surface area contributed by atoms with Crippen LogP contribution >= 0.6 is 0 Å². The molecule has 2 unspecified atom stereocenters. The number of nitrogens with zero attached hydrogens (tertiary/aromatic N) is 2. The van der Waals surface area contributed by atoms with Crippen molar-refractivity contribution in [2.24, 2.45) is 0 Å². The van der Waals surface area contributed by atoms with E-state index in [9.17, 15) is 13.2 Å². The lowest BCUT2D eigenvalue weighted by Crippen LogP contribution is -2.48. The maximum atomic E-state index is 13.1. The molecule has 2 saturated heterocycles. The molecule has 0 saturated carbocycles. The molecule has 0 radical (unpaired) electrons. The van der Waals surface area contributed by atoms with Crippen LogP contribution in [-0.2, 0) is 14.8 Å². The van der Waals surface area contributed by atoms with E-state index in [1.165, 1.54) is 10.4 Å². The first kappa shape index (κ1) is 22.2. The molecule has 2 fully saturated rings. The monoisotopic (exact) mass is 423 g/mol. The van der Waals surface area contributed by atoms with E-state index < -0.39 is 10.0 Å². The Kier molecular flexibility index (Phi) is 7.32. The van der Waals surface area contributed by atoms with E-state index in [1.807, 2.05) is 13.8 Å². The molecule has 7 nitrogen and oxygen atoms in total. The first-order chi connectivity index (χ1) is 13.8. The summed E-state index contributed by atoms with van der Waals surface area (Å²) in [4.78, 5) is 15.3. The summed E-state index contributed by atoms with van der Waals surface area (Å²) in [5.74, 6) is -0.209. The van der Waals surface area contributed by atoms with Gasteiger partial charge in [-0.1, -0.05) is 13.0 Å². The van der Waals surface area contributed by atoms with Crippen LogP contribution < -0.4 is 5.32 Å². The number of carbonyl (C=O) groups excluding carboxylic acids is 1. The van der Waals surface area contributed by atoms with Gasteiger partial charge in [-0.3, -0.25) is 4.79 Å². The highest BCUT2D eigenvalue weighted by Crippen LogP contribution is 2.22. The lowest BCUT2D eigenvalue weighted by Gasteiger charge is -2.34. The third-order valence-corrected chi connectivity index (χ3v) is 7.41. The van der Waals surface area contributed by atoms with Gasteiger partial charge in [-0.2, -0.15) is 4.31 Å². The molecular formula is C21H33N3O4S. The smallest absolute Gasteiger partial charge is 0.251 e. The standard InChI is InChI=1S/C21H33N3O4S/c1-4-10-23-11-8-19(9-12-23)22-21(25)18-6-5-7-20(13-18)29(26,27)24-14-16(2)28-17(3)15-24/h5-7,13,16-17,19H,4,8-12,14-15H2,1-3H3,(H,22,25). The zero-order valence-corrected chi connectivity index (χ0v) is 18.5. The van der Waals surface area contributed by atoms with Gasteiger partial charge in [0.2, 0.25) is 10.0 Å². The maximum Gasteiger partial charge on any atom is 0.251 e. The van der Waals surface area contributed by atoms with Gasteiger partial charge in [-0.15, -0.1) is 0 Å². The highest BCUT2D eigenvalue weighted by atomic mass is 32.2. The summed E-state index contributed by atoms with van der Waals surface area (Å²) in [5.41, 5.74) is 0.386. The molecule has 0 aromatic heterocycles. The van der Waals surface area contributed by atoms with E-state index >= 15 is 0 Å². The Morgan fingerprint density at radius 2 is 1.83 bits per heavy atom. The molecule has 2 atom stereocenters. The quantitative estimate of drug-likeness (QED) is 0.758. The number of hydrogen-bond donors (Lipinski definition) is 1. The normalized spacial score (nSPS) is 25.1. The maximum absolute atomic E-state index is 13.1. The second-order valence-corrected chi connectivity index (χ2v) is 10.1. The van der Waals surface area contributed by atoms with Gasteiger partial charge in [0.1, 0.15) is 0 Å². The van der Waals surface area contributed by atoms with Crippen LogP contribution in [0.1, 0.15) is 50.4 Å². The summed E-state index contributed by atoms with van der Waals surface area (Å²) in [6, 6.07) is 6.49. The first-order valence-corrected chi connectivity index (χ1v) is 12.0. The number of amides is 1. The molecule has 0 bridgehead atoms. The molecule has 1 N–H and O–H groups in total. The van der Waals surface area contributed by atoms with Crippen LogP contribution in [0.5, 0.6) is 0 Å². The molecule has 2 aliphatic heterocycles. The predicted octanol–water partition coefficient (Wildman–Crippen LogP) is 2.09. The number of carbonyl (C=O) groups is 1. The largest absolute Gasteiger partial charge is 0.373 e. The van der Waals surface area contributed by atoms with Crippen molar-refractivity contribution in [2.75, 3.05) is 32.7 Å². The van der Waals surface area contributed by atoms with Crippen molar-refractivity contribution in [1.29, 1.82) is 0 Å². The topological polar surface area (TPSA) is 79.0 Å². The average molecular weight is 424 g/mol. The van der Waals surface area contributed by atoms with Crippen LogP contribution in [0.4, 0.5) is 0 Å². The van der Waals surface area contributed by atoms with Crippen LogP contribution in [-0.4, -0.2) is 74.5 Å². The molecule has 0 spiro atoms. The second-order valence-electron chi connectivity index (χ2n) is 8.20. The van der Waals surface area contributed by atoms with Gasteiger partial charge in [-0.05, 0) is 57.9 Å². The van der Waals surface area contributed by atoms with Crippen LogP contribution in [0.25, 0.3) is 0 Å². The van der Waals surface area contributed by atoms with Gasteiger partial charge < -0.3 is 15.0 Å². The van der Waals surface area contributed by atoms with Gasteiger partial charge in [0, 0.05) is 37.8 Å². The van der Waals surface area contributed by atoms with Gasteiger partial charge >= 0.3 is 0 Å². The highest BCUT2D eigenvalue weighted by Gasteiger charge is 2.32. The average Bonchev–Trinajstić information content (AvgIpc) is 2.69. The Hall–Kier alpha value is -1.48. The Balaban J connectivity index is 1.66. The summed E-state index contributed by atoms with van der Waals surface area (Å²) in [6.07, 6.45) is 2.68. The van der Waals surface area contributed by atoms with E-state index in [1.54, 1.807) is 18.2 Å². The number of piperidine rings is 1. The second kappa shape index (κ2) is 9.55. The van der Waals surface area contributed by atoms with E-state index in [-0.39, 0.29) is 29.1 Å². The van der Waals surface area contributed by atoms with Crippen molar-refractivity contribution in [2.45, 2.75) is 63.2 Å². The first-order valence-electron chi connectivity index (χ1n) is 10.6. The van der Waals surface area contributed by atoms with Crippen molar-refractivity contribution in [3.8, 4) is 0 Å². The molecule has 162 valence electrons. The van der Waals surface area contributed by atoms with Crippen molar-refractivity contribution in [3.63, 3.8) is 0 Å². The minimum Gasteiger partial charge on any atom is -0.373 e. The number of nitrogens with one attached hydrogen (secondary N) is 1. The summed E-state index contributed by atoms with van der Waals surface area (Å²) in [5, 5.41) is 3.08. The molecule has 1 amide bonds. The lowest BCUT2D eigenvalue weighted by atomic mass is 10.0. The van der Waals surface area contributed by atoms with Gasteiger partial charge in [0.15, 0.2) is 0 Å². The molecule has 1 aromatic carbocycles. The number of rotatable bonds is 6. The molecule has 0 aliphatic carbocycles. The number of ether oxygens (including phenoxy) is 1. The Labute approximate surface area is 174 Å². The third-order valence-electron chi connectivity index (χ3n) is 5.58. The Morgan fingerprint density at radius 3 is 2.45 bits per heavy atom. The SMILES string of the molecule is CCCN1CCC(NC(=O)c2cccc(S(=O)(=O)N3CC(C)OC(C)C3)c2)CC1. The molecule has 8 heteroatoms. The third kappa shape index (κ3) is 5.57. The zero-order valence-electron chi connectivity index (χ0n) is 17.6. The fraction of sp³-hybridized carbons (Fsp3) is 0.667. The Morgan fingerprint density at radius 1 is 1.17 bits per heavy atom. The van der Waals surface area contributed by atoms with E-state index in [0.717, 1.165) is 38.9 Å². The molecular weight excluding hydrogens is 390 g/mol. The molecule has 29 heavy (non-hydrogen) atoms. The van der Waals surface area contributed by atoms with Crippen LogP contribution in [0.15, 0.2) is 29.2 Å². The van der Waals surface area contributed by atoms with Gasteiger partial charge in [0.25, 0.3) is 5.91 Å². The van der Waals surface area contributed by atoms with Crippen LogP contribution in [0, 0.1) is 0 Å². The van der Waals surface area contributed by atoms with Crippen molar-refractivity contribution in [1.82, 2.24) is 14.5 Å². The molecule has 1 aromatic rings. The minimum absolute atomic E-state index is 0.136. The van der Waals surface area contributed by atoms with Crippen molar-refractivity contribution in [3.05, 3.63) is 29.8 Å². The van der Waals surface area contributed by atoms with E-state index in [4.69, 9.17) is 4.74 Å². The summed E-state index contributed by atoms with van der Waals surface area (Å²) >= 11 is 0. The summed E-state index contributed by atoms with van der Waals surface area (Å²) in [6.45, 7) is 9.62. The lowest BCUT2D eigenvalue weighted by molar-refractivity contribution is -0.0440. The van der Waals surface area contributed by atoms with E-state index in [0.29, 0.717) is 18.7 Å². The summed E-state index contributed by atoms with van der Waals surface area (Å²) < 4.78 is 33.2. The van der Waals surface area contributed by atoms with Crippen LogP contribution in [0.2, 0.25) is 0 Å². The minimum atomic E-state index is -3.66. The zero-order chi connectivity index (χ0) is 21.0. The van der Waals surface area contributed by atoms with Crippen LogP contribution in [0.3, 0.4) is 0 Å². The number of benzene rings is 1. The molecule has 2 heterocycles.